The summed E-state index contributed by atoms with van der Waals surface area (Å²) < 4.78 is 10.1. The third kappa shape index (κ3) is 3.56. The fourth-order valence-corrected chi connectivity index (χ4v) is 1.86. The van der Waals surface area contributed by atoms with E-state index in [1.54, 1.807) is 7.11 Å². The van der Waals surface area contributed by atoms with Crippen LogP contribution in [0.3, 0.4) is 0 Å². The van der Waals surface area contributed by atoms with Crippen LogP contribution in [0.4, 0.5) is 0 Å². The lowest BCUT2D eigenvalue weighted by Gasteiger charge is -2.07. The largest absolute Gasteiger partial charge is 0.382 e. The Morgan fingerprint density at radius 3 is 3.00 bits per heavy atom. The van der Waals surface area contributed by atoms with Crippen LogP contribution in [0, 0.1) is 0 Å². The van der Waals surface area contributed by atoms with Crippen molar-refractivity contribution < 1.29 is 14.3 Å². The van der Waals surface area contributed by atoms with Gasteiger partial charge in [-0.25, -0.2) is 0 Å². The summed E-state index contributed by atoms with van der Waals surface area (Å²) in [6.45, 7) is 2.08. The molecular weight excluding hydrogens is 244 g/mol. The Hall–Kier alpha value is -1.85. The van der Waals surface area contributed by atoms with E-state index in [4.69, 9.17) is 9.47 Å². The highest BCUT2D eigenvalue weighted by molar-refractivity contribution is 6.06. The number of hydrogen-bond donors (Lipinski definition) is 2. The molecule has 0 aliphatic rings. The molecule has 5 heteroatoms. The summed E-state index contributed by atoms with van der Waals surface area (Å²) in [7, 11) is 1.63. The van der Waals surface area contributed by atoms with Crippen molar-refractivity contribution in [3.05, 3.63) is 36.0 Å². The molecule has 1 aromatic heterocycles. The van der Waals surface area contributed by atoms with E-state index in [1.165, 1.54) is 0 Å². The van der Waals surface area contributed by atoms with Crippen molar-refractivity contribution in [2.45, 2.75) is 0 Å². The molecule has 0 radical (unpaired) electrons. The standard InChI is InChI=1S/C14H18N2O3/c1-18-9-10-19-8-7-16-14(17)12-3-2-4-13-11(12)5-6-15-13/h2-6,15H,7-10H2,1H3,(H,16,17). The predicted molar refractivity (Wildman–Crippen MR) is 73.3 cm³/mol. The molecule has 2 N–H and O–H groups in total. The number of methoxy groups -OCH3 is 1. The molecule has 0 fully saturated rings. The molecule has 0 aliphatic carbocycles. The molecule has 1 heterocycles. The first-order valence-corrected chi connectivity index (χ1v) is 6.24. The Morgan fingerprint density at radius 2 is 2.16 bits per heavy atom. The van der Waals surface area contributed by atoms with Gasteiger partial charge in [-0.2, -0.15) is 0 Å². The van der Waals surface area contributed by atoms with E-state index in [9.17, 15) is 4.79 Å². The van der Waals surface area contributed by atoms with Crippen molar-refractivity contribution in [3.8, 4) is 0 Å². The van der Waals surface area contributed by atoms with Gasteiger partial charge < -0.3 is 19.8 Å². The minimum Gasteiger partial charge on any atom is -0.382 e. The molecular formula is C14H18N2O3. The highest BCUT2D eigenvalue weighted by Crippen LogP contribution is 2.16. The van der Waals surface area contributed by atoms with Crippen molar-refractivity contribution in [2.75, 3.05) is 33.5 Å². The zero-order valence-electron chi connectivity index (χ0n) is 10.9. The number of nitrogens with one attached hydrogen (secondary N) is 2. The maximum Gasteiger partial charge on any atom is 0.252 e. The number of H-pyrrole nitrogens is 1. The van der Waals surface area contributed by atoms with Crippen molar-refractivity contribution in [1.82, 2.24) is 10.3 Å². The summed E-state index contributed by atoms with van der Waals surface area (Å²) in [5.41, 5.74) is 1.64. The van der Waals surface area contributed by atoms with Gasteiger partial charge in [0.2, 0.25) is 0 Å². The van der Waals surface area contributed by atoms with Crippen LogP contribution in [0.5, 0.6) is 0 Å². The van der Waals surface area contributed by atoms with E-state index in [0.29, 0.717) is 31.9 Å². The number of aromatic amines is 1. The second-order valence-electron chi connectivity index (χ2n) is 4.11. The first-order valence-electron chi connectivity index (χ1n) is 6.24. The Kier molecular flexibility index (Phi) is 4.94. The van der Waals surface area contributed by atoms with Crippen LogP contribution in [-0.2, 0) is 9.47 Å². The van der Waals surface area contributed by atoms with Gasteiger partial charge >= 0.3 is 0 Å². The van der Waals surface area contributed by atoms with Crippen molar-refractivity contribution in [2.24, 2.45) is 0 Å². The zero-order chi connectivity index (χ0) is 13.5. The Bertz CT molecular complexity index is 536. The maximum atomic E-state index is 12.0. The summed E-state index contributed by atoms with van der Waals surface area (Å²) in [5.74, 6) is -0.0828. The van der Waals surface area contributed by atoms with Crippen molar-refractivity contribution >= 4 is 16.8 Å². The molecule has 2 aromatic rings. The first-order chi connectivity index (χ1) is 9.33. The lowest BCUT2D eigenvalue weighted by molar-refractivity contribution is 0.0693. The van der Waals surface area contributed by atoms with Crippen LogP contribution >= 0.6 is 0 Å². The molecule has 2 rings (SSSR count). The summed E-state index contributed by atoms with van der Waals surface area (Å²) in [6.07, 6.45) is 1.83. The van der Waals surface area contributed by atoms with E-state index in [0.717, 1.165) is 10.9 Å². The average Bonchev–Trinajstić information content (AvgIpc) is 2.90. The van der Waals surface area contributed by atoms with Gasteiger partial charge in [-0.1, -0.05) is 6.07 Å². The third-order valence-corrected chi connectivity index (χ3v) is 2.80. The number of aromatic nitrogens is 1. The third-order valence-electron chi connectivity index (χ3n) is 2.80. The van der Waals surface area contributed by atoms with Crippen LogP contribution in [0.25, 0.3) is 10.9 Å². The second kappa shape index (κ2) is 6.92. The SMILES string of the molecule is COCCOCCNC(=O)c1cccc2[nH]ccc12. The molecule has 0 aliphatic heterocycles. The highest BCUT2D eigenvalue weighted by Gasteiger charge is 2.09. The van der Waals surface area contributed by atoms with Gasteiger partial charge in [0, 0.05) is 36.3 Å². The van der Waals surface area contributed by atoms with Crippen LogP contribution in [0.1, 0.15) is 10.4 Å². The fraction of sp³-hybridized carbons (Fsp3) is 0.357. The summed E-state index contributed by atoms with van der Waals surface area (Å²) in [4.78, 5) is 15.1. The highest BCUT2D eigenvalue weighted by atomic mass is 16.5. The number of benzene rings is 1. The van der Waals surface area contributed by atoms with Crippen LogP contribution in [0.2, 0.25) is 0 Å². The molecule has 0 unspecified atom stereocenters. The van der Waals surface area contributed by atoms with Gasteiger partial charge in [-0.05, 0) is 18.2 Å². The Balaban J connectivity index is 1.85. The number of carbonyl (C=O) groups excluding carboxylic acids is 1. The Labute approximate surface area is 111 Å². The molecule has 0 spiro atoms. The normalized spacial score (nSPS) is 10.8. The smallest absolute Gasteiger partial charge is 0.252 e. The van der Waals surface area contributed by atoms with Gasteiger partial charge in [-0.15, -0.1) is 0 Å². The molecule has 0 saturated heterocycles. The van der Waals surface area contributed by atoms with Crippen LogP contribution < -0.4 is 5.32 Å². The monoisotopic (exact) mass is 262 g/mol. The van der Waals surface area contributed by atoms with Crippen LogP contribution in [-0.4, -0.2) is 44.4 Å². The van der Waals surface area contributed by atoms with E-state index in [2.05, 4.69) is 10.3 Å². The molecule has 0 saturated carbocycles. The van der Waals surface area contributed by atoms with Gasteiger partial charge in [0.1, 0.15) is 0 Å². The minimum absolute atomic E-state index is 0.0828. The lowest BCUT2D eigenvalue weighted by atomic mass is 10.1. The van der Waals surface area contributed by atoms with Crippen molar-refractivity contribution in [1.29, 1.82) is 0 Å². The second-order valence-corrected chi connectivity index (χ2v) is 4.11. The van der Waals surface area contributed by atoms with Crippen molar-refractivity contribution in [3.63, 3.8) is 0 Å². The quantitative estimate of drug-likeness (QED) is 0.744. The molecule has 1 amide bonds. The molecule has 102 valence electrons. The van der Waals surface area contributed by atoms with E-state index < -0.39 is 0 Å². The summed E-state index contributed by atoms with van der Waals surface area (Å²) in [6, 6.07) is 7.53. The zero-order valence-corrected chi connectivity index (χ0v) is 10.9. The number of ether oxygens (including phenoxy) is 2. The van der Waals surface area contributed by atoms with Gasteiger partial charge in [0.25, 0.3) is 5.91 Å². The minimum atomic E-state index is -0.0828. The number of amides is 1. The number of carbonyl (C=O) groups is 1. The predicted octanol–water partition coefficient (Wildman–Crippen LogP) is 1.56. The average molecular weight is 262 g/mol. The number of rotatable bonds is 7. The number of hydrogen-bond acceptors (Lipinski definition) is 3. The fourth-order valence-electron chi connectivity index (χ4n) is 1.86. The molecule has 5 nitrogen and oxygen atoms in total. The van der Waals surface area contributed by atoms with Crippen LogP contribution in [0.15, 0.2) is 30.5 Å². The molecule has 1 aromatic carbocycles. The first kappa shape index (κ1) is 13.6. The lowest BCUT2D eigenvalue weighted by Crippen LogP contribution is -2.27. The van der Waals surface area contributed by atoms with E-state index in [1.807, 2.05) is 30.5 Å². The topological polar surface area (TPSA) is 63.4 Å². The molecule has 0 atom stereocenters. The van der Waals surface area contributed by atoms with E-state index >= 15 is 0 Å². The molecule has 19 heavy (non-hydrogen) atoms. The van der Waals surface area contributed by atoms with Gasteiger partial charge in [0.05, 0.1) is 19.8 Å². The maximum absolute atomic E-state index is 12.0. The molecule has 0 bridgehead atoms. The Morgan fingerprint density at radius 1 is 1.26 bits per heavy atom. The number of fused-ring (bicyclic) bond motifs is 1. The van der Waals surface area contributed by atoms with Gasteiger partial charge in [0.15, 0.2) is 0 Å². The summed E-state index contributed by atoms with van der Waals surface area (Å²) in [5, 5.41) is 3.77. The van der Waals surface area contributed by atoms with E-state index in [-0.39, 0.29) is 5.91 Å². The van der Waals surface area contributed by atoms with Gasteiger partial charge in [-0.3, -0.25) is 4.79 Å². The summed E-state index contributed by atoms with van der Waals surface area (Å²) >= 11 is 0.